The van der Waals surface area contributed by atoms with Gasteiger partial charge in [0.1, 0.15) is 13.2 Å². The molecule has 0 fully saturated rings. The molecule has 0 spiro atoms. The monoisotopic (exact) mass is 1000 g/mol. The molecule has 0 rings (SSSR count). The Balaban J connectivity index is 4.28. The van der Waals surface area contributed by atoms with Crippen LogP contribution in [-0.4, -0.2) is 37.2 Å². The van der Waals surface area contributed by atoms with Crippen LogP contribution >= 0.6 is 0 Å². The molecule has 0 saturated carbocycles. The number of carbonyl (C=O) groups is 3. The second-order valence-corrected chi connectivity index (χ2v) is 23.4. The summed E-state index contributed by atoms with van der Waals surface area (Å²) in [6.07, 6.45) is 63.9. The van der Waals surface area contributed by atoms with E-state index in [1.54, 1.807) is 0 Å². The largest absolute Gasteiger partial charge is 0.462 e. The average molecular weight is 1000 g/mol. The third kappa shape index (κ3) is 59.2. The second kappa shape index (κ2) is 57.7. The number of unbranched alkanes of at least 4 members (excludes halogenated alkanes) is 44. The van der Waals surface area contributed by atoms with Crippen molar-refractivity contribution in [3.8, 4) is 0 Å². The Hall–Kier alpha value is -1.59. The van der Waals surface area contributed by atoms with Crippen LogP contribution in [0.2, 0.25) is 0 Å². The van der Waals surface area contributed by atoms with Gasteiger partial charge in [0.15, 0.2) is 6.10 Å². The van der Waals surface area contributed by atoms with Crippen molar-refractivity contribution >= 4 is 17.9 Å². The number of hydrogen-bond donors (Lipinski definition) is 0. The fraction of sp³-hybridized carbons (Fsp3) is 0.954. The van der Waals surface area contributed by atoms with Crippen molar-refractivity contribution in [3.63, 3.8) is 0 Å². The van der Waals surface area contributed by atoms with E-state index in [1.807, 2.05) is 0 Å². The van der Waals surface area contributed by atoms with Crippen molar-refractivity contribution < 1.29 is 28.6 Å². The lowest BCUT2D eigenvalue weighted by Crippen LogP contribution is -2.30. The van der Waals surface area contributed by atoms with Crippen LogP contribution in [0.5, 0.6) is 0 Å². The van der Waals surface area contributed by atoms with E-state index in [2.05, 4.69) is 34.6 Å². The van der Waals surface area contributed by atoms with Gasteiger partial charge in [-0.05, 0) is 31.1 Å². The van der Waals surface area contributed by atoms with Crippen molar-refractivity contribution in [2.75, 3.05) is 13.2 Å². The molecule has 0 aliphatic heterocycles. The van der Waals surface area contributed by atoms with E-state index < -0.39 is 6.10 Å². The van der Waals surface area contributed by atoms with Crippen molar-refractivity contribution in [3.05, 3.63) is 0 Å². The number of esters is 3. The van der Waals surface area contributed by atoms with Crippen LogP contribution < -0.4 is 0 Å². The number of hydrogen-bond acceptors (Lipinski definition) is 6. The van der Waals surface area contributed by atoms with Gasteiger partial charge in [-0.25, -0.2) is 0 Å². The van der Waals surface area contributed by atoms with Crippen LogP contribution in [0, 0.1) is 11.8 Å². The zero-order valence-corrected chi connectivity index (χ0v) is 48.9. The van der Waals surface area contributed by atoms with E-state index in [0.29, 0.717) is 19.3 Å². The summed E-state index contributed by atoms with van der Waals surface area (Å²) in [5, 5.41) is 0. The summed E-state index contributed by atoms with van der Waals surface area (Å²) < 4.78 is 17.0. The van der Waals surface area contributed by atoms with Gasteiger partial charge in [0.05, 0.1) is 0 Å². The highest BCUT2D eigenvalue weighted by atomic mass is 16.6. The Morgan fingerprint density at radius 3 is 0.690 bits per heavy atom. The summed E-state index contributed by atoms with van der Waals surface area (Å²) >= 11 is 0. The van der Waals surface area contributed by atoms with E-state index >= 15 is 0 Å². The summed E-state index contributed by atoms with van der Waals surface area (Å²) in [5.41, 5.74) is 0. The lowest BCUT2D eigenvalue weighted by atomic mass is 10.0. The first kappa shape index (κ1) is 69.4. The predicted octanol–water partition coefficient (Wildman–Crippen LogP) is 21.6. The molecule has 0 aliphatic rings. The molecule has 0 aromatic heterocycles. The van der Waals surface area contributed by atoms with Gasteiger partial charge in [-0.1, -0.05) is 330 Å². The Labute approximate surface area is 444 Å². The van der Waals surface area contributed by atoms with E-state index in [0.717, 1.165) is 69.6 Å². The van der Waals surface area contributed by atoms with E-state index in [1.165, 1.54) is 257 Å². The van der Waals surface area contributed by atoms with Crippen LogP contribution in [0.1, 0.15) is 369 Å². The smallest absolute Gasteiger partial charge is 0.306 e. The lowest BCUT2D eigenvalue weighted by molar-refractivity contribution is -0.167. The highest BCUT2D eigenvalue weighted by molar-refractivity contribution is 5.71. The van der Waals surface area contributed by atoms with E-state index in [4.69, 9.17) is 14.2 Å². The van der Waals surface area contributed by atoms with Crippen LogP contribution in [-0.2, 0) is 28.6 Å². The van der Waals surface area contributed by atoms with Crippen LogP contribution in [0.15, 0.2) is 0 Å². The van der Waals surface area contributed by atoms with Gasteiger partial charge in [-0.15, -0.1) is 0 Å². The van der Waals surface area contributed by atoms with Crippen LogP contribution in [0.3, 0.4) is 0 Å². The van der Waals surface area contributed by atoms with Gasteiger partial charge in [0, 0.05) is 19.3 Å². The Kier molecular flexibility index (Phi) is 56.4. The maximum atomic E-state index is 12.9. The molecule has 0 unspecified atom stereocenters. The lowest BCUT2D eigenvalue weighted by Gasteiger charge is -2.18. The van der Waals surface area contributed by atoms with Crippen molar-refractivity contribution in [2.24, 2.45) is 11.8 Å². The second-order valence-electron chi connectivity index (χ2n) is 23.4. The minimum atomic E-state index is -0.764. The molecule has 6 heteroatoms. The molecule has 0 heterocycles. The van der Waals surface area contributed by atoms with Crippen molar-refractivity contribution in [1.29, 1.82) is 0 Å². The van der Waals surface area contributed by atoms with Crippen molar-refractivity contribution in [1.82, 2.24) is 0 Å². The molecule has 71 heavy (non-hydrogen) atoms. The zero-order valence-electron chi connectivity index (χ0n) is 48.9. The average Bonchev–Trinajstić information content (AvgIpc) is 3.35. The minimum Gasteiger partial charge on any atom is -0.462 e. The molecule has 1 atom stereocenters. The number of ether oxygens (including phenoxy) is 3. The molecule has 0 aromatic rings. The van der Waals surface area contributed by atoms with Gasteiger partial charge in [-0.2, -0.15) is 0 Å². The zero-order chi connectivity index (χ0) is 51.8. The summed E-state index contributed by atoms with van der Waals surface area (Å²) in [5.74, 6) is 0.868. The first-order valence-electron chi connectivity index (χ1n) is 32.2. The molecule has 0 radical (unpaired) electrons. The Bertz CT molecular complexity index is 1090. The molecule has 0 aromatic carbocycles. The summed E-state index contributed by atoms with van der Waals surface area (Å²) in [7, 11) is 0. The quantitative estimate of drug-likeness (QED) is 0.0343. The molecular weight excluding hydrogens is 877 g/mol. The molecule has 0 amide bonds. The molecule has 0 N–H and O–H groups in total. The molecule has 422 valence electrons. The highest BCUT2D eigenvalue weighted by Gasteiger charge is 2.19. The topological polar surface area (TPSA) is 78.9 Å². The minimum absolute atomic E-state index is 0.0617. The molecule has 0 saturated heterocycles. The van der Waals surface area contributed by atoms with Crippen LogP contribution in [0.25, 0.3) is 0 Å². The Morgan fingerprint density at radius 1 is 0.268 bits per heavy atom. The van der Waals surface area contributed by atoms with Gasteiger partial charge in [-0.3, -0.25) is 14.4 Å². The third-order valence-electron chi connectivity index (χ3n) is 15.0. The molecule has 6 nitrogen and oxygen atoms in total. The SMILES string of the molecule is CCCCCCCCCCCCCCCCCCCC(=O)O[C@@H](COC(=O)CCCCCCCCCCCCCCCCCCC(C)C)COC(=O)CCCCCCCCCCCCCCCCC(C)C. The summed E-state index contributed by atoms with van der Waals surface area (Å²) in [4.78, 5) is 38.3. The maximum Gasteiger partial charge on any atom is 0.306 e. The van der Waals surface area contributed by atoms with Gasteiger partial charge in [0.25, 0.3) is 0 Å². The van der Waals surface area contributed by atoms with E-state index in [-0.39, 0.29) is 31.1 Å². The fourth-order valence-corrected chi connectivity index (χ4v) is 10.1. The van der Waals surface area contributed by atoms with Crippen LogP contribution in [0.4, 0.5) is 0 Å². The molecular formula is C65H126O6. The van der Waals surface area contributed by atoms with Crippen molar-refractivity contribution in [2.45, 2.75) is 375 Å². The number of rotatable bonds is 59. The van der Waals surface area contributed by atoms with Gasteiger partial charge < -0.3 is 14.2 Å². The predicted molar refractivity (Wildman–Crippen MR) is 307 cm³/mol. The molecule has 0 aliphatic carbocycles. The summed E-state index contributed by atoms with van der Waals surface area (Å²) in [6.45, 7) is 11.5. The number of carbonyl (C=O) groups excluding carboxylic acids is 3. The normalized spacial score (nSPS) is 12.0. The van der Waals surface area contributed by atoms with E-state index in [9.17, 15) is 14.4 Å². The first-order chi connectivity index (χ1) is 34.7. The summed E-state index contributed by atoms with van der Waals surface area (Å²) in [6, 6.07) is 0. The standard InChI is InChI=1S/C65H126O6/c1-6-7-8-9-10-11-12-13-14-15-20-27-32-37-42-47-52-57-65(68)71-62(59-70-64(67)56-51-46-41-36-31-26-22-21-24-29-34-39-44-49-54-61(4)5)58-69-63(66)55-50-45-40-35-30-25-19-17-16-18-23-28-33-38-43-48-53-60(2)3/h60-62H,6-59H2,1-5H3/t62-/m0/s1. The Morgan fingerprint density at radius 2 is 0.465 bits per heavy atom. The van der Waals surface area contributed by atoms with Gasteiger partial charge >= 0.3 is 17.9 Å². The van der Waals surface area contributed by atoms with Gasteiger partial charge in [0.2, 0.25) is 0 Å². The maximum absolute atomic E-state index is 12.9. The fourth-order valence-electron chi connectivity index (χ4n) is 10.1. The highest BCUT2D eigenvalue weighted by Crippen LogP contribution is 2.19. The molecule has 0 bridgehead atoms. The third-order valence-corrected chi connectivity index (χ3v) is 15.0. The first-order valence-corrected chi connectivity index (χ1v) is 32.2.